The van der Waals surface area contributed by atoms with Crippen molar-refractivity contribution < 1.29 is 0 Å². The summed E-state index contributed by atoms with van der Waals surface area (Å²) in [5.41, 5.74) is 10.1. The summed E-state index contributed by atoms with van der Waals surface area (Å²) < 4.78 is 3.45. The van der Waals surface area contributed by atoms with Crippen molar-refractivity contribution in [2.45, 2.75) is 52.7 Å². The lowest BCUT2D eigenvalue weighted by molar-refractivity contribution is 0.498. The maximum absolute atomic E-state index is 13.8. The Balaban J connectivity index is 1.67. The number of piperidine rings is 1. The molecule has 0 bridgehead atoms. The van der Waals surface area contributed by atoms with E-state index >= 15 is 0 Å². The summed E-state index contributed by atoms with van der Waals surface area (Å²) in [5, 5.41) is 11.1. The summed E-state index contributed by atoms with van der Waals surface area (Å²) in [6.07, 6.45) is 5.44. The van der Waals surface area contributed by atoms with Gasteiger partial charge in [0.1, 0.15) is 34.3 Å². The lowest BCUT2D eigenvalue weighted by atomic mass is 10.1. The van der Waals surface area contributed by atoms with Crippen molar-refractivity contribution in [3.8, 4) is 6.07 Å². The van der Waals surface area contributed by atoms with Crippen molar-refractivity contribution in [3.63, 3.8) is 0 Å². The summed E-state index contributed by atoms with van der Waals surface area (Å²) >= 11 is 0. The maximum Gasteiger partial charge on any atom is 0.278 e. The van der Waals surface area contributed by atoms with Crippen LogP contribution in [0.1, 0.15) is 43.8 Å². The van der Waals surface area contributed by atoms with Gasteiger partial charge in [-0.2, -0.15) is 5.26 Å². The SMILES string of the molecule is CC(C)=CCn1c(N2CCC[C@H](N)C2)c(C#N)c2ncn(Cc3nc(C)c4ccccc4n3)c(=O)c21. The Morgan fingerprint density at radius 3 is 2.83 bits per heavy atom. The third kappa shape index (κ3) is 4.25. The highest BCUT2D eigenvalue weighted by atomic mass is 16.1. The first-order chi connectivity index (χ1) is 17.4. The van der Waals surface area contributed by atoms with Crippen LogP contribution in [0.3, 0.4) is 0 Å². The van der Waals surface area contributed by atoms with E-state index in [1.165, 1.54) is 10.9 Å². The summed E-state index contributed by atoms with van der Waals surface area (Å²) in [4.78, 5) is 29.9. The second-order valence-electron chi connectivity index (χ2n) is 9.67. The summed E-state index contributed by atoms with van der Waals surface area (Å²) in [7, 11) is 0. The smallest absolute Gasteiger partial charge is 0.278 e. The van der Waals surface area contributed by atoms with Crippen LogP contribution in [0.25, 0.3) is 21.9 Å². The highest BCUT2D eigenvalue weighted by molar-refractivity contribution is 5.89. The zero-order valence-corrected chi connectivity index (χ0v) is 20.9. The van der Waals surface area contributed by atoms with Gasteiger partial charge >= 0.3 is 0 Å². The molecule has 1 fully saturated rings. The van der Waals surface area contributed by atoms with Gasteiger partial charge in [0.05, 0.1) is 18.4 Å². The topological polar surface area (TPSA) is 119 Å². The number of nitrogens with zero attached hydrogens (tertiary/aromatic N) is 7. The number of nitrogens with two attached hydrogens (primary N) is 1. The predicted molar refractivity (Wildman–Crippen MR) is 141 cm³/mol. The largest absolute Gasteiger partial charge is 0.355 e. The number of aromatic nitrogens is 5. The van der Waals surface area contributed by atoms with Gasteiger partial charge in [0.25, 0.3) is 5.56 Å². The molecule has 1 aromatic carbocycles. The van der Waals surface area contributed by atoms with Crippen molar-refractivity contribution in [3.05, 3.63) is 69.7 Å². The van der Waals surface area contributed by atoms with Crippen molar-refractivity contribution in [1.82, 2.24) is 24.1 Å². The molecule has 36 heavy (non-hydrogen) atoms. The molecule has 0 aliphatic carbocycles. The lowest BCUT2D eigenvalue weighted by Gasteiger charge is -2.33. The Morgan fingerprint density at radius 1 is 1.28 bits per heavy atom. The molecular weight excluding hydrogens is 452 g/mol. The van der Waals surface area contributed by atoms with E-state index in [2.05, 4.69) is 32.0 Å². The minimum absolute atomic E-state index is 0.0260. The highest BCUT2D eigenvalue weighted by Gasteiger charge is 2.28. The average molecular weight is 483 g/mol. The van der Waals surface area contributed by atoms with Crippen LogP contribution in [-0.2, 0) is 13.1 Å². The van der Waals surface area contributed by atoms with Crippen LogP contribution in [0.2, 0.25) is 0 Å². The molecule has 5 rings (SSSR count). The fourth-order valence-corrected chi connectivity index (χ4v) is 4.97. The number of hydrogen-bond acceptors (Lipinski definition) is 7. The summed E-state index contributed by atoms with van der Waals surface area (Å²) in [6.45, 7) is 8.05. The van der Waals surface area contributed by atoms with E-state index in [9.17, 15) is 10.1 Å². The number of benzene rings is 1. The van der Waals surface area contributed by atoms with Gasteiger partial charge in [-0.3, -0.25) is 9.36 Å². The number of para-hydroxylation sites is 1. The van der Waals surface area contributed by atoms with Crippen LogP contribution in [0, 0.1) is 18.3 Å². The minimum atomic E-state index is -0.222. The Morgan fingerprint density at radius 2 is 2.08 bits per heavy atom. The Kier molecular flexibility index (Phi) is 6.29. The van der Waals surface area contributed by atoms with Crippen molar-refractivity contribution in [1.29, 1.82) is 5.26 Å². The normalized spacial score (nSPS) is 15.9. The second kappa shape index (κ2) is 9.55. The van der Waals surface area contributed by atoms with E-state index in [0.717, 1.165) is 47.4 Å². The number of fused-ring (bicyclic) bond motifs is 2. The fourth-order valence-electron chi connectivity index (χ4n) is 4.97. The minimum Gasteiger partial charge on any atom is -0.355 e. The summed E-state index contributed by atoms with van der Waals surface area (Å²) in [5.74, 6) is 1.26. The summed E-state index contributed by atoms with van der Waals surface area (Å²) in [6, 6.07) is 10.2. The molecule has 2 N–H and O–H groups in total. The Labute approximate surface area is 209 Å². The number of allylic oxidation sites excluding steroid dienone is 2. The molecule has 4 heterocycles. The van der Waals surface area contributed by atoms with Gasteiger partial charge in [0.15, 0.2) is 0 Å². The molecule has 9 nitrogen and oxygen atoms in total. The quantitative estimate of drug-likeness (QED) is 0.434. The molecule has 3 aromatic heterocycles. The molecule has 0 unspecified atom stereocenters. The molecule has 0 radical (unpaired) electrons. The number of rotatable bonds is 5. The van der Waals surface area contributed by atoms with Gasteiger partial charge in [-0.1, -0.05) is 29.8 Å². The van der Waals surface area contributed by atoms with Crippen molar-refractivity contribution in [2.24, 2.45) is 5.73 Å². The predicted octanol–water partition coefficient (Wildman–Crippen LogP) is 3.26. The van der Waals surface area contributed by atoms with Gasteiger partial charge in [0.2, 0.25) is 0 Å². The standard InChI is InChI=1S/C27H30N8O/c1-17(2)10-12-35-25-24(21(13-28)26(35)33-11-6-7-19(29)14-33)30-16-34(27(25)36)15-23-31-18(3)20-8-4-5-9-22(20)32-23/h4-5,8-10,16,19H,6-7,11-12,14-15,29H2,1-3H3/t19-/m0/s1. The molecule has 0 amide bonds. The third-order valence-electron chi connectivity index (χ3n) is 6.70. The first kappa shape index (κ1) is 23.7. The van der Waals surface area contributed by atoms with Crippen LogP contribution >= 0.6 is 0 Å². The molecule has 1 aliphatic heterocycles. The van der Waals surface area contributed by atoms with E-state index < -0.39 is 0 Å². The molecule has 1 saturated heterocycles. The van der Waals surface area contributed by atoms with Crippen molar-refractivity contribution >= 4 is 27.8 Å². The first-order valence-corrected chi connectivity index (χ1v) is 12.2. The second-order valence-corrected chi connectivity index (χ2v) is 9.67. The number of hydrogen-bond donors (Lipinski definition) is 1. The van der Waals surface area contributed by atoms with Crippen LogP contribution < -0.4 is 16.2 Å². The zero-order valence-electron chi connectivity index (χ0n) is 20.9. The molecule has 0 saturated carbocycles. The highest BCUT2D eigenvalue weighted by Crippen LogP contribution is 2.31. The van der Waals surface area contributed by atoms with Crippen LogP contribution in [0.15, 0.2) is 47.0 Å². The molecule has 1 aliphatic rings. The molecule has 4 aromatic rings. The van der Waals surface area contributed by atoms with Crippen LogP contribution in [0.5, 0.6) is 0 Å². The fraction of sp³-hybridized carbons (Fsp3) is 0.370. The first-order valence-electron chi connectivity index (χ1n) is 12.2. The van der Waals surface area contributed by atoms with Gasteiger partial charge in [-0.25, -0.2) is 15.0 Å². The Bertz CT molecular complexity index is 1590. The molecule has 0 spiro atoms. The van der Waals surface area contributed by atoms with Gasteiger partial charge < -0.3 is 15.2 Å². The average Bonchev–Trinajstić information content (AvgIpc) is 3.18. The van der Waals surface area contributed by atoms with Gasteiger partial charge in [0, 0.05) is 36.8 Å². The monoisotopic (exact) mass is 482 g/mol. The molecule has 184 valence electrons. The zero-order chi connectivity index (χ0) is 25.4. The van der Waals surface area contributed by atoms with E-state index in [4.69, 9.17) is 5.73 Å². The van der Waals surface area contributed by atoms with Crippen molar-refractivity contribution in [2.75, 3.05) is 18.0 Å². The Hall–Kier alpha value is -4.03. The van der Waals surface area contributed by atoms with E-state index in [0.29, 0.717) is 35.5 Å². The van der Waals surface area contributed by atoms with Crippen LogP contribution in [0.4, 0.5) is 5.82 Å². The maximum atomic E-state index is 13.8. The van der Waals surface area contributed by atoms with E-state index in [1.807, 2.05) is 49.6 Å². The molecule has 9 heteroatoms. The number of nitriles is 1. The third-order valence-corrected chi connectivity index (χ3v) is 6.70. The van der Waals surface area contributed by atoms with E-state index in [1.54, 1.807) is 0 Å². The number of anilines is 1. The lowest BCUT2D eigenvalue weighted by Crippen LogP contribution is -2.44. The van der Waals surface area contributed by atoms with E-state index in [-0.39, 0.29) is 18.1 Å². The number of aryl methyl sites for hydroxylation is 1. The van der Waals surface area contributed by atoms with Gasteiger partial charge in [-0.05, 0) is 39.7 Å². The molecule has 1 atom stereocenters. The van der Waals surface area contributed by atoms with Crippen LogP contribution in [-0.4, -0.2) is 43.2 Å². The molecular formula is C27H30N8O. The van der Waals surface area contributed by atoms with Gasteiger partial charge in [-0.15, -0.1) is 0 Å².